The van der Waals surface area contributed by atoms with Crippen LogP contribution < -0.4 is 5.32 Å². The van der Waals surface area contributed by atoms with E-state index in [-0.39, 0.29) is 0 Å². The van der Waals surface area contributed by atoms with Crippen molar-refractivity contribution in [2.45, 2.75) is 58.3 Å². The van der Waals surface area contributed by atoms with Gasteiger partial charge in [0.05, 0.1) is 0 Å². The lowest BCUT2D eigenvalue weighted by molar-refractivity contribution is 0.320. The van der Waals surface area contributed by atoms with Crippen LogP contribution in [0.2, 0.25) is 0 Å². The third-order valence-electron chi connectivity index (χ3n) is 5.05. The molecule has 1 aromatic rings. The summed E-state index contributed by atoms with van der Waals surface area (Å²) >= 11 is 0. The van der Waals surface area contributed by atoms with E-state index in [1.807, 2.05) is 0 Å². The van der Waals surface area contributed by atoms with Crippen molar-refractivity contribution >= 4 is 0 Å². The lowest BCUT2D eigenvalue weighted by Gasteiger charge is -2.35. The fourth-order valence-corrected chi connectivity index (χ4v) is 3.59. The molecule has 0 spiro atoms. The molecule has 1 N–H and O–H groups in total. The lowest BCUT2D eigenvalue weighted by Crippen LogP contribution is -2.40. The first-order valence-corrected chi connectivity index (χ1v) is 7.91. The van der Waals surface area contributed by atoms with Gasteiger partial charge in [-0.2, -0.15) is 0 Å². The van der Waals surface area contributed by atoms with Gasteiger partial charge in [-0.15, -0.1) is 0 Å². The molecular weight excluding hydrogens is 230 g/mol. The smallest absolute Gasteiger partial charge is 0.0103 e. The van der Waals surface area contributed by atoms with E-state index < -0.39 is 0 Å². The van der Waals surface area contributed by atoms with Crippen LogP contribution in [-0.2, 0) is 5.41 Å². The standard InChI is InChI=1S/C18H29N/c1-5-19-13-18(12-6-7-15(18)4)17-10-8-16(9-11-17)14(2)3/h8-11,14-15,19H,5-7,12-13H2,1-4H3. The molecule has 0 saturated heterocycles. The molecule has 1 nitrogen and oxygen atoms in total. The van der Waals surface area contributed by atoms with E-state index in [2.05, 4.69) is 57.3 Å². The summed E-state index contributed by atoms with van der Waals surface area (Å²) in [5.41, 5.74) is 3.36. The van der Waals surface area contributed by atoms with Crippen LogP contribution >= 0.6 is 0 Å². The second-order valence-corrected chi connectivity index (χ2v) is 6.51. The number of likely N-dealkylation sites (N-methyl/N-ethyl adjacent to an activating group) is 1. The number of nitrogens with one attached hydrogen (secondary N) is 1. The van der Waals surface area contributed by atoms with Crippen LogP contribution in [0.4, 0.5) is 0 Å². The molecule has 2 rings (SSSR count). The maximum absolute atomic E-state index is 3.60. The molecule has 2 unspecified atom stereocenters. The minimum atomic E-state index is 0.367. The Hall–Kier alpha value is -0.820. The molecule has 0 aliphatic heterocycles. The van der Waals surface area contributed by atoms with Crippen molar-refractivity contribution in [2.24, 2.45) is 5.92 Å². The van der Waals surface area contributed by atoms with Crippen LogP contribution in [0.3, 0.4) is 0 Å². The highest BCUT2D eigenvalue weighted by atomic mass is 14.9. The van der Waals surface area contributed by atoms with Crippen molar-refractivity contribution in [1.82, 2.24) is 5.32 Å². The zero-order valence-electron chi connectivity index (χ0n) is 13.0. The minimum absolute atomic E-state index is 0.367. The van der Waals surface area contributed by atoms with Gasteiger partial charge in [0.2, 0.25) is 0 Å². The Kier molecular flexibility index (Phi) is 4.67. The van der Waals surface area contributed by atoms with Crippen LogP contribution in [0.15, 0.2) is 24.3 Å². The van der Waals surface area contributed by atoms with Gasteiger partial charge in [-0.1, -0.05) is 58.4 Å². The van der Waals surface area contributed by atoms with Crippen LogP contribution in [0.1, 0.15) is 64.0 Å². The highest BCUT2D eigenvalue weighted by molar-refractivity contribution is 5.32. The molecule has 1 fully saturated rings. The second kappa shape index (κ2) is 6.09. The van der Waals surface area contributed by atoms with E-state index in [1.54, 1.807) is 5.56 Å². The van der Waals surface area contributed by atoms with E-state index in [1.165, 1.54) is 24.8 Å². The first-order valence-electron chi connectivity index (χ1n) is 7.91. The van der Waals surface area contributed by atoms with Crippen molar-refractivity contribution in [3.05, 3.63) is 35.4 Å². The van der Waals surface area contributed by atoms with Gasteiger partial charge in [0.15, 0.2) is 0 Å². The lowest BCUT2D eigenvalue weighted by atomic mass is 9.72. The zero-order chi connectivity index (χ0) is 13.9. The molecule has 106 valence electrons. The molecule has 0 aromatic heterocycles. The fraction of sp³-hybridized carbons (Fsp3) is 0.667. The first-order chi connectivity index (χ1) is 9.10. The molecule has 1 aromatic carbocycles. The van der Waals surface area contributed by atoms with Crippen LogP contribution in [-0.4, -0.2) is 13.1 Å². The molecular formula is C18H29N. The molecule has 1 heteroatoms. The highest BCUT2D eigenvalue weighted by Crippen LogP contribution is 2.45. The minimum Gasteiger partial charge on any atom is -0.316 e. The number of hydrogen-bond donors (Lipinski definition) is 1. The summed E-state index contributed by atoms with van der Waals surface area (Å²) in [4.78, 5) is 0. The Morgan fingerprint density at radius 1 is 1.26 bits per heavy atom. The van der Waals surface area contributed by atoms with Crippen molar-refractivity contribution in [1.29, 1.82) is 0 Å². The Morgan fingerprint density at radius 3 is 2.42 bits per heavy atom. The number of benzene rings is 1. The molecule has 1 saturated carbocycles. The summed E-state index contributed by atoms with van der Waals surface area (Å²) in [7, 11) is 0. The second-order valence-electron chi connectivity index (χ2n) is 6.51. The van der Waals surface area contributed by atoms with Gasteiger partial charge in [0.1, 0.15) is 0 Å². The fourth-order valence-electron chi connectivity index (χ4n) is 3.59. The summed E-state index contributed by atoms with van der Waals surface area (Å²) in [6.07, 6.45) is 4.08. The monoisotopic (exact) mass is 259 g/mol. The van der Waals surface area contributed by atoms with Crippen LogP contribution in [0, 0.1) is 5.92 Å². The topological polar surface area (TPSA) is 12.0 Å². The van der Waals surface area contributed by atoms with E-state index in [9.17, 15) is 0 Å². The van der Waals surface area contributed by atoms with Crippen molar-refractivity contribution < 1.29 is 0 Å². The van der Waals surface area contributed by atoms with E-state index >= 15 is 0 Å². The average Bonchev–Trinajstić information content (AvgIpc) is 2.79. The predicted molar refractivity (Wildman–Crippen MR) is 83.8 cm³/mol. The zero-order valence-corrected chi connectivity index (χ0v) is 13.0. The summed E-state index contributed by atoms with van der Waals surface area (Å²) in [5, 5.41) is 3.60. The van der Waals surface area contributed by atoms with Gasteiger partial charge in [0, 0.05) is 12.0 Å². The maximum Gasteiger partial charge on any atom is 0.0103 e. The van der Waals surface area contributed by atoms with Gasteiger partial charge >= 0.3 is 0 Å². The van der Waals surface area contributed by atoms with Gasteiger partial charge in [0.25, 0.3) is 0 Å². The van der Waals surface area contributed by atoms with Crippen LogP contribution in [0.5, 0.6) is 0 Å². The molecule has 2 atom stereocenters. The Labute approximate surface area is 118 Å². The predicted octanol–water partition coefficient (Wildman–Crippen LogP) is 4.48. The highest BCUT2D eigenvalue weighted by Gasteiger charge is 2.41. The van der Waals surface area contributed by atoms with Gasteiger partial charge in [-0.25, -0.2) is 0 Å². The summed E-state index contributed by atoms with van der Waals surface area (Å²) < 4.78 is 0. The molecule has 1 aliphatic rings. The molecule has 1 aliphatic carbocycles. The maximum atomic E-state index is 3.60. The van der Waals surface area contributed by atoms with E-state index in [4.69, 9.17) is 0 Å². The Morgan fingerprint density at radius 2 is 1.95 bits per heavy atom. The summed E-state index contributed by atoms with van der Waals surface area (Å²) in [6.45, 7) is 11.4. The summed E-state index contributed by atoms with van der Waals surface area (Å²) in [6, 6.07) is 9.43. The van der Waals surface area contributed by atoms with Crippen molar-refractivity contribution in [3.8, 4) is 0 Å². The summed E-state index contributed by atoms with van der Waals surface area (Å²) in [5.74, 6) is 1.41. The Balaban J connectivity index is 2.27. The Bertz CT molecular complexity index is 393. The molecule has 0 amide bonds. The van der Waals surface area contributed by atoms with Crippen LogP contribution in [0.25, 0.3) is 0 Å². The van der Waals surface area contributed by atoms with E-state index in [0.29, 0.717) is 11.3 Å². The average molecular weight is 259 g/mol. The molecule has 0 bridgehead atoms. The number of hydrogen-bond acceptors (Lipinski definition) is 1. The largest absolute Gasteiger partial charge is 0.316 e. The van der Waals surface area contributed by atoms with Gasteiger partial charge in [-0.3, -0.25) is 0 Å². The van der Waals surface area contributed by atoms with Crippen molar-refractivity contribution in [2.75, 3.05) is 13.1 Å². The molecule has 0 radical (unpaired) electrons. The van der Waals surface area contributed by atoms with Gasteiger partial charge < -0.3 is 5.32 Å². The third kappa shape index (κ3) is 2.86. The quantitative estimate of drug-likeness (QED) is 0.822. The molecule has 0 heterocycles. The first kappa shape index (κ1) is 14.6. The van der Waals surface area contributed by atoms with Gasteiger partial charge in [-0.05, 0) is 42.3 Å². The number of rotatable bonds is 5. The normalized spacial score (nSPS) is 27.1. The SMILES string of the molecule is CCNCC1(c2ccc(C(C)C)cc2)CCCC1C. The van der Waals surface area contributed by atoms with Crippen molar-refractivity contribution in [3.63, 3.8) is 0 Å². The third-order valence-corrected chi connectivity index (χ3v) is 5.05. The van der Waals surface area contributed by atoms with E-state index in [0.717, 1.165) is 19.0 Å². The molecule has 19 heavy (non-hydrogen) atoms.